The van der Waals surface area contributed by atoms with Gasteiger partial charge < -0.3 is 29.7 Å². The van der Waals surface area contributed by atoms with Crippen LogP contribution in [0.1, 0.15) is 51.3 Å². The van der Waals surface area contributed by atoms with E-state index < -0.39 is 29.4 Å². The quantitative estimate of drug-likeness (QED) is 0.678. The molecule has 0 bridgehead atoms. The zero-order valence-electron chi connectivity index (χ0n) is 16.9. The van der Waals surface area contributed by atoms with Crippen LogP contribution in [0.15, 0.2) is 18.2 Å². The zero-order chi connectivity index (χ0) is 21.1. The summed E-state index contributed by atoms with van der Waals surface area (Å²) < 4.78 is 16.0. The number of methoxy groups -OCH3 is 1. The first-order valence-electron chi connectivity index (χ1n) is 9.20. The van der Waals surface area contributed by atoms with Crippen molar-refractivity contribution in [1.29, 1.82) is 0 Å². The first kappa shape index (κ1) is 22.0. The third kappa shape index (κ3) is 4.56. The van der Waals surface area contributed by atoms with E-state index in [9.17, 15) is 19.8 Å². The molecule has 3 atom stereocenters. The lowest BCUT2D eigenvalue weighted by molar-refractivity contribution is -0.180. The predicted molar refractivity (Wildman–Crippen MR) is 101 cm³/mol. The average molecular weight is 395 g/mol. The first-order chi connectivity index (χ1) is 13.0. The molecule has 1 aromatic rings. The Hall–Kier alpha value is -2.32. The van der Waals surface area contributed by atoms with Crippen molar-refractivity contribution in [3.63, 3.8) is 0 Å². The van der Waals surface area contributed by atoms with Crippen LogP contribution in [-0.2, 0) is 20.8 Å². The van der Waals surface area contributed by atoms with Crippen LogP contribution in [0.4, 0.5) is 4.79 Å². The molecule has 28 heavy (non-hydrogen) atoms. The summed E-state index contributed by atoms with van der Waals surface area (Å²) in [5.74, 6) is -1.06. The van der Waals surface area contributed by atoms with E-state index >= 15 is 0 Å². The lowest BCUT2D eigenvalue weighted by atomic mass is 9.80. The van der Waals surface area contributed by atoms with Crippen molar-refractivity contribution in [1.82, 2.24) is 5.32 Å². The molecule has 1 fully saturated rings. The maximum absolute atomic E-state index is 11.9. The molecular formula is C20H29NO7. The van der Waals surface area contributed by atoms with Gasteiger partial charge in [0.25, 0.3) is 0 Å². The minimum atomic E-state index is -1.70. The molecule has 2 rings (SSSR count). The second-order valence-electron chi connectivity index (χ2n) is 7.97. The van der Waals surface area contributed by atoms with E-state index in [2.05, 4.69) is 5.32 Å². The molecule has 0 saturated carbocycles. The van der Waals surface area contributed by atoms with E-state index in [0.29, 0.717) is 23.3 Å². The van der Waals surface area contributed by atoms with Crippen molar-refractivity contribution in [3.05, 3.63) is 29.3 Å². The lowest BCUT2D eigenvalue weighted by Crippen LogP contribution is -2.48. The summed E-state index contributed by atoms with van der Waals surface area (Å²) in [6.45, 7) is 7.40. The van der Waals surface area contributed by atoms with Gasteiger partial charge in [-0.25, -0.2) is 9.59 Å². The number of hydrogen-bond acceptors (Lipinski definition) is 6. The highest BCUT2D eigenvalue weighted by Gasteiger charge is 2.55. The van der Waals surface area contributed by atoms with Crippen LogP contribution in [-0.4, -0.2) is 47.2 Å². The van der Waals surface area contributed by atoms with Crippen LogP contribution in [0, 0.1) is 5.92 Å². The molecule has 8 nitrogen and oxygen atoms in total. The number of nitrogens with one attached hydrogen (secondary N) is 1. The number of aliphatic hydroxyl groups is 1. The largest absolute Gasteiger partial charge is 0.496 e. The van der Waals surface area contributed by atoms with Gasteiger partial charge in [-0.2, -0.15) is 0 Å². The van der Waals surface area contributed by atoms with Gasteiger partial charge in [0.15, 0.2) is 5.60 Å². The topological polar surface area (TPSA) is 114 Å². The number of carbonyl (C=O) groups excluding carboxylic acids is 1. The molecule has 0 aromatic heterocycles. The second kappa shape index (κ2) is 8.36. The highest BCUT2D eigenvalue weighted by atomic mass is 16.6. The number of rotatable bonds is 6. The van der Waals surface area contributed by atoms with Gasteiger partial charge in [-0.15, -0.1) is 0 Å². The molecule has 3 N–H and O–H groups in total. The summed E-state index contributed by atoms with van der Waals surface area (Å²) in [4.78, 5) is 23.8. The van der Waals surface area contributed by atoms with Crippen molar-refractivity contribution in [3.8, 4) is 5.75 Å². The van der Waals surface area contributed by atoms with E-state index in [1.165, 1.54) is 7.11 Å². The van der Waals surface area contributed by atoms with Crippen LogP contribution in [0.5, 0.6) is 5.75 Å². The van der Waals surface area contributed by atoms with Crippen molar-refractivity contribution in [2.24, 2.45) is 5.92 Å². The number of benzene rings is 1. The molecule has 1 aliphatic rings. The molecule has 1 amide bonds. The van der Waals surface area contributed by atoms with Crippen molar-refractivity contribution in [2.75, 3.05) is 13.7 Å². The number of alkyl carbamates (subject to hydrolysis) is 1. The van der Waals surface area contributed by atoms with Crippen molar-refractivity contribution < 1.29 is 34.0 Å². The fourth-order valence-corrected chi connectivity index (χ4v) is 3.34. The normalized spacial score (nSPS) is 23.1. The van der Waals surface area contributed by atoms with Gasteiger partial charge in [-0.3, -0.25) is 0 Å². The smallest absolute Gasteiger partial charge is 0.407 e. The van der Waals surface area contributed by atoms with Crippen molar-refractivity contribution >= 4 is 12.1 Å². The van der Waals surface area contributed by atoms with Crippen LogP contribution >= 0.6 is 0 Å². The van der Waals surface area contributed by atoms with Crippen LogP contribution < -0.4 is 10.1 Å². The Morgan fingerprint density at radius 2 is 2.07 bits per heavy atom. The number of amides is 1. The highest BCUT2D eigenvalue weighted by molar-refractivity contribution is 5.79. The molecule has 156 valence electrons. The molecule has 1 saturated heterocycles. The third-order valence-corrected chi connectivity index (χ3v) is 4.81. The molecule has 1 aromatic carbocycles. The Labute approximate surface area is 164 Å². The van der Waals surface area contributed by atoms with Gasteiger partial charge in [-0.1, -0.05) is 13.0 Å². The number of hydrogen-bond donors (Lipinski definition) is 3. The Morgan fingerprint density at radius 3 is 2.57 bits per heavy atom. The summed E-state index contributed by atoms with van der Waals surface area (Å²) >= 11 is 0. The summed E-state index contributed by atoms with van der Waals surface area (Å²) in [6.07, 6.45) is -1.41. The minimum Gasteiger partial charge on any atom is -0.496 e. The van der Waals surface area contributed by atoms with Crippen LogP contribution in [0.25, 0.3) is 0 Å². The third-order valence-electron chi connectivity index (χ3n) is 4.81. The number of ether oxygens (including phenoxy) is 3. The molecule has 1 heterocycles. The van der Waals surface area contributed by atoms with Gasteiger partial charge in [0.2, 0.25) is 0 Å². The van der Waals surface area contributed by atoms with Gasteiger partial charge in [0.05, 0.1) is 7.11 Å². The highest BCUT2D eigenvalue weighted by Crippen LogP contribution is 2.43. The Bertz CT molecular complexity index is 728. The molecule has 1 aliphatic heterocycles. The summed E-state index contributed by atoms with van der Waals surface area (Å²) in [5.41, 5.74) is -1.38. The fraction of sp³-hybridized carbons (Fsp3) is 0.600. The lowest BCUT2D eigenvalue weighted by Gasteiger charge is -2.33. The minimum absolute atomic E-state index is 0.0924. The van der Waals surface area contributed by atoms with Crippen LogP contribution in [0.2, 0.25) is 0 Å². The molecule has 3 unspecified atom stereocenters. The monoisotopic (exact) mass is 395 g/mol. The van der Waals surface area contributed by atoms with E-state index in [-0.39, 0.29) is 19.1 Å². The SMILES string of the molecule is COc1ccc(C(O)C2(C(=O)O)OCCC2C)cc1CNC(=O)OC(C)(C)C. The summed E-state index contributed by atoms with van der Waals surface area (Å²) in [5, 5.41) is 23.2. The average Bonchev–Trinajstić information content (AvgIpc) is 3.00. The number of carboxylic acids is 1. The van der Waals surface area contributed by atoms with E-state index in [0.717, 1.165) is 0 Å². The fourth-order valence-electron chi connectivity index (χ4n) is 3.34. The Kier molecular flexibility index (Phi) is 6.56. The Balaban J connectivity index is 2.26. The van der Waals surface area contributed by atoms with Gasteiger partial charge >= 0.3 is 12.1 Å². The van der Waals surface area contributed by atoms with E-state index in [1.54, 1.807) is 45.9 Å². The van der Waals surface area contributed by atoms with Crippen LogP contribution in [0.3, 0.4) is 0 Å². The number of aliphatic carboxylic acids is 1. The predicted octanol–water partition coefficient (Wildman–Crippen LogP) is 2.63. The maximum Gasteiger partial charge on any atom is 0.407 e. The molecular weight excluding hydrogens is 366 g/mol. The molecule has 0 aliphatic carbocycles. The van der Waals surface area contributed by atoms with Gasteiger partial charge in [-0.05, 0) is 44.9 Å². The van der Waals surface area contributed by atoms with Gasteiger partial charge in [0, 0.05) is 24.6 Å². The number of carboxylic acid groups (broad SMARTS) is 1. The summed E-state index contributed by atoms with van der Waals surface area (Å²) in [7, 11) is 1.49. The summed E-state index contributed by atoms with van der Waals surface area (Å²) in [6, 6.07) is 4.83. The molecule has 0 spiro atoms. The van der Waals surface area contributed by atoms with Crippen molar-refractivity contribution in [2.45, 2.75) is 58.0 Å². The first-order valence-corrected chi connectivity index (χ1v) is 9.20. The van der Waals surface area contributed by atoms with E-state index in [1.807, 2.05) is 0 Å². The second-order valence-corrected chi connectivity index (χ2v) is 7.97. The number of carbonyl (C=O) groups is 2. The maximum atomic E-state index is 11.9. The van der Waals surface area contributed by atoms with Gasteiger partial charge in [0.1, 0.15) is 17.5 Å². The zero-order valence-corrected chi connectivity index (χ0v) is 16.9. The standard InChI is InChI=1S/C20H29NO7/c1-12-8-9-27-20(12,17(23)24)16(22)13-6-7-15(26-5)14(10-13)11-21-18(25)28-19(2,3)4/h6-7,10,12,16,22H,8-9,11H2,1-5H3,(H,21,25)(H,23,24). The number of aliphatic hydroxyl groups excluding tert-OH is 1. The van der Waals surface area contributed by atoms with E-state index in [4.69, 9.17) is 14.2 Å². The Morgan fingerprint density at radius 1 is 1.39 bits per heavy atom. The molecule has 8 heteroatoms. The molecule has 0 radical (unpaired) electrons.